The van der Waals surface area contributed by atoms with Gasteiger partial charge in [0, 0.05) is 18.1 Å². The number of hydrogen-bond donors (Lipinski definition) is 0. The molecule has 0 N–H and O–H groups in total. The number of rotatable bonds is 5. The molecule has 0 aliphatic carbocycles. The van der Waals surface area contributed by atoms with Gasteiger partial charge in [-0.2, -0.15) is 11.8 Å². The van der Waals surface area contributed by atoms with Gasteiger partial charge in [-0.1, -0.05) is 26.7 Å². The lowest BCUT2D eigenvalue weighted by atomic mass is 9.91. The first-order chi connectivity index (χ1) is 6.27. The highest BCUT2D eigenvalue weighted by atomic mass is 32.2. The Balaban J connectivity index is 2.30. The van der Waals surface area contributed by atoms with Crippen LogP contribution in [0.15, 0.2) is 0 Å². The Morgan fingerprint density at radius 1 is 1.46 bits per heavy atom. The first kappa shape index (κ1) is 11.1. The molecule has 0 aromatic heterocycles. The second-order valence-corrected chi connectivity index (χ2v) is 5.06. The van der Waals surface area contributed by atoms with Gasteiger partial charge in [-0.15, -0.1) is 0 Å². The Hall–Kier alpha value is 0.0200. The summed E-state index contributed by atoms with van der Waals surface area (Å²) in [6.45, 7) is 4.37. The molecule has 1 aliphatic heterocycles. The van der Waals surface area contributed by atoms with Crippen LogP contribution >= 0.6 is 11.8 Å². The molecule has 76 valence electrons. The van der Waals surface area contributed by atoms with Gasteiger partial charge in [0.1, 0.15) is 5.78 Å². The molecule has 0 aromatic rings. The molecule has 0 amide bonds. The van der Waals surface area contributed by atoms with E-state index in [1.165, 1.54) is 5.75 Å². The van der Waals surface area contributed by atoms with Crippen molar-refractivity contribution in [2.45, 2.75) is 39.5 Å². The Morgan fingerprint density at radius 3 is 2.62 bits per heavy atom. The summed E-state index contributed by atoms with van der Waals surface area (Å²) < 4.78 is 0. The minimum absolute atomic E-state index is 0.394. The van der Waals surface area contributed by atoms with Crippen LogP contribution in [0.5, 0.6) is 0 Å². The Morgan fingerprint density at radius 2 is 2.15 bits per heavy atom. The molecule has 0 bridgehead atoms. The van der Waals surface area contributed by atoms with E-state index >= 15 is 0 Å². The van der Waals surface area contributed by atoms with E-state index in [1.54, 1.807) is 0 Å². The van der Waals surface area contributed by atoms with Crippen LogP contribution in [-0.4, -0.2) is 17.3 Å². The van der Waals surface area contributed by atoms with E-state index in [-0.39, 0.29) is 0 Å². The summed E-state index contributed by atoms with van der Waals surface area (Å²) in [6, 6.07) is 0. The van der Waals surface area contributed by atoms with Crippen molar-refractivity contribution in [1.82, 2.24) is 0 Å². The quantitative estimate of drug-likeness (QED) is 0.678. The second kappa shape index (κ2) is 5.69. The summed E-state index contributed by atoms with van der Waals surface area (Å²) in [5, 5.41) is 0. The van der Waals surface area contributed by atoms with Gasteiger partial charge >= 0.3 is 0 Å². The lowest BCUT2D eigenvalue weighted by Gasteiger charge is -2.13. The van der Waals surface area contributed by atoms with Gasteiger partial charge in [0.05, 0.1) is 0 Å². The molecule has 0 aromatic carbocycles. The number of ketones is 1. The number of carbonyl (C=O) groups excluding carboxylic acids is 1. The van der Waals surface area contributed by atoms with E-state index in [1.807, 2.05) is 11.8 Å². The van der Waals surface area contributed by atoms with Crippen molar-refractivity contribution in [2.75, 3.05) is 11.5 Å². The van der Waals surface area contributed by atoms with E-state index < -0.39 is 0 Å². The number of thioether (sulfide) groups is 1. The van der Waals surface area contributed by atoms with Crippen molar-refractivity contribution >= 4 is 17.5 Å². The van der Waals surface area contributed by atoms with Crippen LogP contribution in [0.2, 0.25) is 0 Å². The Kier molecular flexibility index (Phi) is 4.86. The van der Waals surface area contributed by atoms with Crippen molar-refractivity contribution in [3.8, 4) is 0 Å². The molecular formula is C11H20OS. The Labute approximate surface area is 85.7 Å². The minimum atomic E-state index is 0.394. The van der Waals surface area contributed by atoms with Crippen molar-refractivity contribution in [3.05, 3.63) is 0 Å². The predicted octanol–water partition coefficient (Wildman–Crippen LogP) is 3.13. The van der Waals surface area contributed by atoms with E-state index in [2.05, 4.69) is 13.8 Å². The monoisotopic (exact) mass is 200 g/mol. The maximum atomic E-state index is 11.8. The van der Waals surface area contributed by atoms with Crippen LogP contribution in [0.3, 0.4) is 0 Å². The predicted molar refractivity (Wildman–Crippen MR) is 59.1 cm³/mol. The lowest BCUT2D eigenvalue weighted by molar-refractivity contribution is -0.123. The highest BCUT2D eigenvalue weighted by Crippen LogP contribution is 2.27. The molecule has 1 nitrogen and oxygen atoms in total. The molecule has 1 unspecified atom stereocenters. The summed E-state index contributed by atoms with van der Waals surface area (Å²) in [5.74, 6) is 3.83. The van der Waals surface area contributed by atoms with Crippen molar-refractivity contribution < 1.29 is 4.79 Å². The third-order valence-electron chi connectivity index (χ3n) is 3.03. The highest BCUT2D eigenvalue weighted by molar-refractivity contribution is 7.99. The van der Waals surface area contributed by atoms with E-state index in [0.717, 1.165) is 31.4 Å². The van der Waals surface area contributed by atoms with E-state index in [4.69, 9.17) is 0 Å². The van der Waals surface area contributed by atoms with E-state index in [9.17, 15) is 4.79 Å². The molecule has 1 saturated heterocycles. The maximum Gasteiger partial charge on any atom is 0.137 e. The zero-order valence-corrected chi connectivity index (χ0v) is 9.53. The fourth-order valence-corrected chi connectivity index (χ4v) is 3.07. The summed E-state index contributed by atoms with van der Waals surface area (Å²) in [5.41, 5.74) is 0. The fraction of sp³-hybridized carbons (Fsp3) is 0.909. The standard InChI is InChI=1S/C11H20OS/c1-3-9(4-2)7-11(12)10-5-6-13-8-10/h9-10H,3-8H2,1-2H3. The topological polar surface area (TPSA) is 17.1 Å². The smallest absolute Gasteiger partial charge is 0.137 e. The van der Waals surface area contributed by atoms with Crippen LogP contribution in [0.1, 0.15) is 39.5 Å². The molecule has 2 heteroatoms. The Bertz CT molecular complexity index is 157. The third-order valence-corrected chi connectivity index (χ3v) is 4.19. The first-order valence-electron chi connectivity index (χ1n) is 5.38. The second-order valence-electron chi connectivity index (χ2n) is 3.91. The third kappa shape index (κ3) is 3.34. The van der Waals surface area contributed by atoms with Gasteiger partial charge in [0.2, 0.25) is 0 Å². The summed E-state index contributed by atoms with van der Waals surface area (Å²) >= 11 is 1.93. The molecule has 1 atom stereocenters. The molecule has 0 spiro atoms. The summed E-state index contributed by atoms with van der Waals surface area (Å²) in [4.78, 5) is 11.8. The number of Topliss-reactive ketones (excluding diaryl/α,β-unsaturated/α-hetero) is 1. The number of hydrogen-bond acceptors (Lipinski definition) is 2. The van der Waals surface area contributed by atoms with Gasteiger partial charge in [0.25, 0.3) is 0 Å². The molecule has 1 fully saturated rings. The lowest BCUT2D eigenvalue weighted by Crippen LogP contribution is -2.17. The van der Waals surface area contributed by atoms with Gasteiger partial charge in [-0.3, -0.25) is 4.79 Å². The van der Waals surface area contributed by atoms with Crippen LogP contribution < -0.4 is 0 Å². The largest absolute Gasteiger partial charge is 0.299 e. The minimum Gasteiger partial charge on any atom is -0.299 e. The zero-order chi connectivity index (χ0) is 9.68. The zero-order valence-electron chi connectivity index (χ0n) is 8.71. The first-order valence-corrected chi connectivity index (χ1v) is 6.53. The van der Waals surface area contributed by atoms with Crippen LogP contribution in [0.4, 0.5) is 0 Å². The van der Waals surface area contributed by atoms with Crippen LogP contribution in [0, 0.1) is 11.8 Å². The van der Waals surface area contributed by atoms with Crippen molar-refractivity contribution in [2.24, 2.45) is 11.8 Å². The normalized spacial score (nSPS) is 22.5. The average molecular weight is 200 g/mol. The van der Waals surface area contributed by atoms with Gasteiger partial charge in [0.15, 0.2) is 0 Å². The summed E-state index contributed by atoms with van der Waals surface area (Å²) in [7, 11) is 0. The average Bonchev–Trinajstić information content (AvgIpc) is 2.66. The fourth-order valence-electron chi connectivity index (χ4n) is 1.82. The molecule has 0 saturated carbocycles. The molecular weight excluding hydrogens is 180 g/mol. The van der Waals surface area contributed by atoms with Crippen molar-refractivity contribution in [3.63, 3.8) is 0 Å². The molecule has 1 rings (SSSR count). The molecule has 1 heterocycles. The molecule has 0 radical (unpaired) electrons. The maximum absolute atomic E-state index is 11.8. The van der Waals surface area contributed by atoms with E-state index in [0.29, 0.717) is 17.6 Å². The number of carbonyl (C=O) groups is 1. The SMILES string of the molecule is CCC(CC)CC(=O)C1CCSC1. The molecule has 13 heavy (non-hydrogen) atoms. The van der Waals surface area contributed by atoms with Gasteiger partial charge in [-0.05, 0) is 18.1 Å². The van der Waals surface area contributed by atoms with Gasteiger partial charge < -0.3 is 0 Å². The van der Waals surface area contributed by atoms with Crippen LogP contribution in [0.25, 0.3) is 0 Å². The van der Waals surface area contributed by atoms with Crippen LogP contribution in [-0.2, 0) is 4.79 Å². The molecule has 1 aliphatic rings. The van der Waals surface area contributed by atoms with Crippen molar-refractivity contribution in [1.29, 1.82) is 0 Å². The highest BCUT2D eigenvalue weighted by Gasteiger charge is 2.24. The summed E-state index contributed by atoms with van der Waals surface area (Å²) in [6.07, 6.45) is 4.27. The van der Waals surface area contributed by atoms with Gasteiger partial charge in [-0.25, -0.2) is 0 Å².